The number of hydrogen-bond donors (Lipinski definition) is 2. The summed E-state index contributed by atoms with van der Waals surface area (Å²) >= 11 is 0. The minimum Gasteiger partial charge on any atom is -0.479 e. The SMILES string of the molecule is CCCCC1CCC(NC(=O)[C@@H]2CC[C@H](C(=O)O)O2)CC1. The van der Waals surface area contributed by atoms with Crippen LogP contribution < -0.4 is 5.32 Å². The predicted octanol–water partition coefficient (Wildman–Crippen LogP) is 2.48. The quantitative estimate of drug-likeness (QED) is 0.789. The Morgan fingerprint density at radius 1 is 1.10 bits per heavy atom. The zero-order chi connectivity index (χ0) is 15.2. The van der Waals surface area contributed by atoms with Crippen LogP contribution in [0.5, 0.6) is 0 Å². The summed E-state index contributed by atoms with van der Waals surface area (Å²) in [7, 11) is 0. The Balaban J connectivity index is 1.69. The molecule has 0 aromatic carbocycles. The van der Waals surface area contributed by atoms with E-state index in [1.165, 1.54) is 32.1 Å². The van der Waals surface area contributed by atoms with Crippen LogP contribution in [0.3, 0.4) is 0 Å². The van der Waals surface area contributed by atoms with Crippen molar-refractivity contribution in [3.8, 4) is 0 Å². The van der Waals surface area contributed by atoms with Gasteiger partial charge in [0.2, 0.25) is 5.91 Å². The lowest BCUT2D eigenvalue weighted by Crippen LogP contribution is -2.43. The molecule has 21 heavy (non-hydrogen) atoms. The van der Waals surface area contributed by atoms with E-state index in [9.17, 15) is 9.59 Å². The van der Waals surface area contributed by atoms with Crippen molar-refractivity contribution < 1.29 is 19.4 Å². The van der Waals surface area contributed by atoms with Gasteiger partial charge in [0, 0.05) is 6.04 Å². The molecule has 2 rings (SSSR count). The first-order valence-electron chi connectivity index (χ1n) is 8.28. The second kappa shape index (κ2) is 7.78. The van der Waals surface area contributed by atoms with Crippen molar-refractivity contribution in [1.82, 2.24) is 5.32 Å². The van der Waals surface area contributed by atoms with Gasteiger partial charge in [0.25, 0.3) is 0 Å². The summed E-state index contributed by atoms with van der Waals surface area (Å²) < 4.78 is 5.29. The maximum Gasteiger partial charge on any atom is 0.332 e. The lowest BCUT2D eigenvalue weighted by Gasteiger charge is -2.29. The van der Waals surface area contributed by atoms with E-state index in [1.807, 2.05) is 0 Å². The molecule has 0 aromatic heterocycles. The van der Waals surface area contributed by atoms with Crippen LogP contribution in [0, 0.1) is 5.92 Å². The largest absolute Gasteiger partial charge is 0.479 e. The van der Waals surface area contributed by atoms with E-state index in [-0.39, 0.29) is 11.9 Å². The molecule has 1 saturated carbocycles. The van der Waals surface area contributed by atoms with Crippen LogP contribution in [-0.2, 0) is 14.3 Å². The number of rotatable bonds is 6. The molecule has 1 amide bonds. The second-order valence-electron chi connectivity index (χ2n) is 6.40. The molecule has 0 aromatic rings. The Labute approximate surface area is 126 Å². The summed E-state index contributed by atoms with van der Waals surface area (Å²) in [6.07, 6.45) is 7.85. The number of aliphatic carboxylic acids is 1. The average molecular weight is 297 g/mol. The van der Waals surface area contributed by atoms with Gasteiger partial charge in [-0.15, -0.1) is 0 Å². The zero-order valence-corrected chi connectivity index (χ0v) is 12.8. The van der Waals surface area contributed by atoms with E-state index in [1.54, 1.807) is 0 Å². The van der Waals surface area contributed by atoms with Crippen LogP contribution in [0.15, 0.2) is 0 Å². The molecule has 2 aliphatic rings. The van der Waals surface area contributed by atoms with Crippen molar-refractivity contribution in [2.45, 2.75) is 83.0 Å². The third-order valence-electron chi connectivity index (χ3n) is 4.75. The molecule has 2 N–H and O–H groups in total. The first-order chi connectivity index (χ1) is 10.1. The Hall–Kier alpha value is -1.10. The molecule has 0 spiro atoms. The van der Waals surface area contributed by atoms with Gasteiger partial charge in [0.15, 0.2) is 6.10 Å². The molecular formula is C16H27NO4. The van der Waals surface area contributed by atoms with Crippen LogP contribution in [0.4, 0.5) is 0 Å². The Bertz CT molecular complexity index is 363. The number of carboxylic acid groups (broad SMARTS) is 1. The first-order valence-corrected chi connectivity index (χ1v) is 8.28. The fourth-order valence-electron chi connectivity index (χ4n) is 3.39. The normalized spacial score (nSPS) is 32.8. The molecule has 120 valence electrons. The lowest BCUT2D eigenvalue weighted by molar-refractivity contribution is -0.152. The summed E-state index contributed by atoms with van der Waals surface area (Å²) in [4.78, 5) is 22.9. The van der Waals surface area contributed by atoms with E-state index < -0.39 is 18.2 Å². The Kier molecular flexibility index (Phi) is 6.03. The minimum atomic E-state index is -0.971. The highest BCUT2D eigenvalue weighted by Crippen LogP contribution is 2.28. The molecule has 5 nitrogen and oxygen atoms in total. The number of nitrogens with one attached hydrogen (secondary N) is 1. The molecule has 5 heteroatoms. The highest BCUT2D eigenvalue weighted by molar-refractivity contribution is 5.82. The molecule has 1 aliphatic carbocycles. The molecule has 0 unspecified atom stereocenters. The third kappa shape index (κ3) is 4.70. The lowest BCUT2D eigenvalue weighted by atomic mass is 9.83. The summed E-state index contributed by atoms with van der Waals surface area (Å²) in [6.45, 7) is 2.22. The van der Waals surface area contributed by atoms with Crippen LogP contribution >= 0.6 is 0 Å². The maximum absolute atomic E-state index is 12.1. The van der Waals surface area contributed by atoms with E-state index in [4.69, 9.17) is 9.84 Å². The molecule has 1 saturated heterocycles. The number of unbranched alkanes of at least 4 members (excludes halogenated alkanes) is 1. The van der Waals surface area contributed by atoms with Crippen molar-refractivity contribution >= 4 is 11.9 Å². The fourth-order valence-corrected chi connectivity index (χ4v) is 3.39. The van der Waals surface area contributed by atoms with Crippen molar-refractivity contribution in [3.05, 3.63) is 0 Å². The number of ether oxygens (including phenoxy) is 1. The summed E-state index contributed by atoms with van der Waals surface area (Å²) in [5, 5.41) is 11.9. The van der Waals surface area contributed by atoms with E-state index in [2.05, 4.69) is 12.2 Å². The van der Waals surface area contributed by atoms with Gasteiger partial charge < -0.3 is 15.2 Å². The summed E-state index contributed by atoms with van der Waals surface area (Å²) in [5.74, 6) is -0.283. The molecule has 2 atom stereocenters. The van der Waals surface area contributed by atoms with Crippen molar-refractivity contribution in [1.29, 1.82) is 0 Å². The molecule has 0 radical (unpaired) electrons. The van der Waals surface area contributed by atoms with Gasteiger partial charge in [0.05, 0.1) is 0 Å². The van der Waals surface area contributed by atoms with Crippen molar-refractivity contribution in [3.63, 3.8) is 0 Å². The number of amides is 1. The second-order valence-corrected chi connectivity index (χ2v) is 6.40. The first kappa shape index (κ1) is 16.3. The van der Waals surface area contributed by atoms with Crippen LogP contribution in [0.2, 0.25) is 0 Å². The maximum atomic E-state index is 12.1. The number of carboxylic acids is 1. The number of hydrogen-bond acceptors (Lipinski definition) is 3. The van der Waals surface area contributed by atoms with E-state index >= 15 is 0 Å². The van der Waals surface area contributed by atoms with Gasteiger partial charge in [-0.3, -0.25) is 4.79 Å². The van der Waals surface area contributed by atoms with Crippen molar-refractivity contribution in [2.75, 3.05) is 0 Å². The Morgan fingerprint density at radius 3 is 2.33 bits per heavy atom. The van der Waals surface area contributed by atoms with Crippen molar-refractivity contribution in [2.24, 2.45) is 5.92 Å². The van der Waals surface area contributed by atoms with Crippen LogP contribution in [0.1, 0.15) is 64.7 Å². The highest BCUT2D eigenvalue weighted by atomic mass is 16.5. The Morgan fingerprint density at radius 2 is 1.76 bits per heavy atom. The summed E-state index contributed by atoms with van der Waals surface area (Å²) in [5.41, 5.74) is 0. The smallest absolute Gasteiger partial charge is 0.332 e. The van der Waals surface area contributed by atoms with Gasteiger partial charge >= 0.3 is 5.97 Å². The topological polar surface area (TPSA) is 75.6 Å². The number of carbonyl (C=O) groups is 2. The minimum absolute atomic E-state index is 0.129. The van der Waals surface area contributed by atoms with Gasteiger partial charge in [-0.1, -0.05) is 26.2 Å². The predicted molar refractivity (Wildman–Crippen MR) is 78.9 cm³/mol. The average Bonchev–Trinajstić information content (AvgIpc) is 2.97. The highest BCUT2D eigenvalue weighted by Gasteiger charge is 2.35. The van der Waals surface area contributed by atoms with Gasteiger partial charge in [-0.25, -0.2) is 4.79 Å². The van der Waals surface area contributed by atoms with Gasteiger partial charge in [-0.05, 0) is 44.4 Å². The monoisotopic (exact) mass is 297 g/mol. The summed E-state index contributed by atoms with van der Waals surface area (Å²) in [6, 6.07) is 0.239. The third-order valence-corrected chi connectivity index (χ3v) is 4.75. The van der Waals surface area contributed by atoms with E-state index in [0.717, 1.165) is 18.8 Å². The fraction of sp³-hybridized carbons (Fsp3) is 0.875. The van der Waals surface area contributed by atoms with Gasteiger partial charge in [0.1, 0.15) is 6.10 Å². The zero-order valence-electron chi connectivity index (χ0n) is 12.8. The molecule has 0 bridgehead atoms. The van der Waals surface area contributed by atoms with E-state index in [0.29, 0.717) is 12.8 Å². The van der Waals surface area contributed by atoms with Gasteiger partial charge in [-0.2, -0.15) is 0 Å². The van der Waals surface area contributed by atoms with Crippen LogP contribution in [-0.4, -0.2) is 35.2 Å². The molecule has 1 aliphatic heterocycles. The standard InChI is InChI=1S/C16H27NO4/c1-2-3-4-11-5-7-12(8-6-11)17-15(18)13-9-10-14(21-13)16(19)20/h11-14H,2-10H2,1H3,(H,17,18)(H,19,20)/t11?,12?,13-,14+/m0/s1. The molecule has 1 heterocycles. The molecular weight excluding hydrogens is 270 g/mol. The number of carbonyl (C=O) groups excluding carboxylic acids is 1. The molecule has 2 fully saturated rings. The van der Waals surface area contributed by atoms with Crippen LogP contribution in [0.25, 0.3) is 0 Å².